The van der Waals surface area contributed by atoms with Gasteiger partial charge in [-0.25, -0.2) is 0 Å². The molecule has 3 rings (SSSR count). The van der Waals surface area contributed by atoms with Crippen LogP contribution in [0.3, 0.4) is 0 Å². The molecule has 0 saturated heterocycles. The van der Waals surface area contributed by atoms with Crippen LogP contribution in [0.2, 0.25) is 10.0 Å². The van der Waals surface area contributed by atoms with E-state index in [1.807, 2.05) is 43.3 Å². The Morgan fingerprint density at radius 1 is 1.00 bits per heavy atom. The van der Waals surface area contributed by atoms with Crippen LogP contribution >= 0.6 is 23.2 Å². The molecule has 0 spiro atoms. The topological polar surface area (TPSA) is 24.9 Å². The summed E-state index contributed by atoms with van der Waals surface area (Å²) in [5, 5.41) is 5.68. The van der Waals surface area contributed by atoms with Gasteiger partial charge in [0.2, 0.25) is 0 Å². The molecular formula is C17H14Cl2N2. The maximum absolute atomic E-state index is 6.04. The summed E-state index contributed by atoms with van der Waals surface area (Å²) in [7, 11) is 0. The van der Waals surface area contributed by atoms with Crippen molar-refractivity contribution >= 4 is 39.8 Å². The van der Waals surface area contributed by atoms with Gasteiger partial charge < -0.3 is 5.32 Å². The van der Waals surface area contributed by atoms with E-state index in [4.69, 9.17) is 23.2 Å². The van der Waals surface area contributed by atoms with E-state index in [9.17, 15) is 0 Å². The van der Waals surface area contributed by atoms with Crippen LogP contribution in [0.25, 0.3) is 10.9 Å². The molecule has 21 heavy (non-hydrogen) atoms. The molecule has 0 unspecified atom stereocenters. The molecule has 0 amide bonds. The van der Waals surface area contributed by atoms with Gasteiger partial charge in [-0.2, -0.15) is 0 Å². The van der Waals surface area contributed by atoms with Crippen LogP contribution in [0.15, 0.2) is 48.5 Å². The first-order chi connectivity index (χ1) is 10.1. The third-order valence-electron chi connectivity index (χ3n) is 3.33. The Kier molecular flexibility index (Phi) is 4.00. The first kappa shape index (κ1) is 14.2. The van der Waals surface area contributed by atoms with E-state index in [2.05, 4.69) is 22.4 Å². The molecule has 0 radical (unpaired) electrons. The highest BCUT2D eigenvalue weighted by molar-refractivity contribution is 6.42. The predicted molar refractivity (Wildman–Crippen MR) is 90.3 cm³/mol. The Hall–Kier alpha value is -1.77. The molecule has 3 aromatic rings. The summed E-state index contributed by atoms with van der Waals surface area (Å²) in [6, 6.07) is 15.9. The van der Waals surface area contributed by atoms with Crippen LogP contribution in [0.4, 0.5) is 5.69 Å². The number of hydrogen-bond acceptors (Lipinski definition) is 2. The zero-order valence-corrected chi connectivity index (χ0v) is 13.0. The first-order valence-electron chi connectivity index (χ1n) is 6.68. The molecule has 1 aromatic heterocycles. The van der Waals surface area contributed by atoms with Gasteiger partial charge in [0.25, 0.3) is 0 Å². The number of fused-ring (bicyclic) bond motifs is 1. The van der Waals surface area contributed by atoms with Gasteiger partial charge in [-0.05, 0) is 36.8 Å². The average Bonchev–Trinajstić information content (AvgIpc) is 2.48. The molecule has 0 aliphatic carbocycles. The van der Waals surface area contributed by atoms with Crippen molar-refractivity contribution in [1.82, 2.24) is 4.98 Å². The second-order valence-corrected chi connectivity index (χ2v) is 5.75. The van der Waals surface area contributed by atoms with Crippen LogP contribution < -0.4 is 5.32 Å². The molecule has 0 fully saturated rings. The highest BCUT2D eigenvalue weighted by Gasteiger charge is 2.04. The molecule has 0 aliphatic rings. The fraction of sp³-hybridized carbons (Fsp3) is 0.118. The number of benzene rings is 2. The van der Waals surface area contributed by atoms with Crippen molar-refractivity contribution in [2.24, 2.45) is 0 Å². The quantitative estimate of drug-likeness (QED) is 0.693. The smallest absolute Gasteiger partial charge is 0.0936 e. The number of rotatable bonds is 3. The van der Waals surface area contributed by atoms with E-state index in [0.717, 1.165) is 27.8 Å². The molecule has 4 heteroatoms. The van der Waals surface area contributed by atoms with Crippen molar-refractivity contribution in [3.63, 3.8) is 0 Å². The van der Waals surface area contributed by atoms with E-state index < -0.39 is 0 Å². The molecule has 0 bridgehead atoms. The molecule has 0 atom stereocenters. The van der Waals surface area contributed by atoms with Gasteiger partial charge in [-0.15, -0.1) is 0 Å². The summed E-state index contributed by atoms with van der Waals surface area (Å²) in [4.78, 5) is 4.61. The maximum atomic E-state index is 6.04. The summed E-state index contributed by atoms with van der Waals surface area (Å²) in [6.07, 6.45) is 0. The number of halogens is 2. The van der Waals surface area contributed by atoms with E-state index in [1.54, 1.807) is 0 Å². The number of anilines is 1. The predicted octanol–water partition coefficient (Wildman–Crippen LogP) is 5.46. The van der Waals surface area contributed by atoms with Crippen LogP contribution in [-0.4, -0.2) is 4.98 Å². The third-order valence-corrected chi connectivity index (χ3v) is 4.07. The summed E-state index contributed by atoms with van der Waals surface area (Å²) in [6.45, 7) is 2.67. The molecule has 2 nitrogen and oxygen atoms in total. The van der Waals surface area contributed by atoms with Gasteiger partial charge in [-0.1, -0.05) is 47.5 Å². The SMILES string of the molecule is Cc1ccc2cccc(NCc3ccc(Cl)c(Cl)c3)c2n1. The van der Waals surface area contributed by atoms with E-state index >= 15 is 0 Å². The highest BCUT2D eigenvalue weighted by atomic mass is 35.5. The number of pyridine rings is 1. The number of aromatic nitrogens is 1. The molecule has 0 saturated carbocycles. The monoisotopic (exact) mass is 316 g/mol. The molecule has 106 valence electrons. The molecule has 2 aromatic carbocycles. The second kappa shape index (κ2) is 5.92. The number of nitrogens with zero attached hydrogens (tertiary/aromatic N) is 1. The van der Waals surface area contributed by atoms with Crippen molar-refractivity contribution < 1.29 is 0 Å². The zero-order chi connectivity index (χ0) is 14.8. The number of hydrogen-bond donors (Lipinski definition) is 1. The lowest BCUT2D eigenvalue weighted by molar-refractivity contribution is 1.15. The van der Waals surface area contributed by atoms with Crippen LogP contribution in [0.1, 0.15) is 11.3 Å². The minimum absolute atomic E-state index is 0.572. The lowest BCUT2D eigenvalue weighted by atomic mass is 10.1. The fourth-order valence-electron chi connectivity index (χ4n) is 2.23. The fourth-order valence-corrected chi connectivity index (χ4v) is 2.55. The Balaban J connectivity index is 1.88. The minimum atomic E-state index is 0.572. The Bertz CT molecular complexity index is 800. The third kappa shape index (κ3) is 3.12. The van der Waals surface area contributed by atoms with Crippen molar-refractivity contribution in [3.05, 3.63) is 69.8 Å². The molecule has 0 aliphatic heterocycles. The second-order valence-electron chi connectivity index (χ2n) is 4.93. The van der Waals surface area contributed by atoms with Crippen LogP contribution in [-0.2, 0) is 6.54 Å². The number of aryl methyl sites for hydroxylation is 1. The van der Waals surface area contributed by atoms with Crippen molar-refractivity contribution in [1.29, 1.82) is 0 Å². The molecule has 1 N–H and O–H groups in total. The van der Waals surface area contributed by atoms with E-state index in [0.29, 0.717) is 16.6 Å². The Morgan fingerprint density at radius 3 is 2.67 bits per heavy atom. The highest BCUT2D eigenvalue weighted by Crippen LogP contribution is 2.25. The molecule has 1 heterocycles. The average molecular weight is 317 g/mol. The van der Waals surface area contributed by atoms with Gasteiger partial charge in [-0.3, -0.25) is 4.98 Å². The Labute approximate surface area is 133 Å². The van der Waals surface area contributed by atoms with E-state index in [-0.39, 0.29) is 0 Å². The summed E-state index contributed by atoms with van der Waals surface area (Å²) in [5.41, 5.74) is 4.08. The number of nitrogens with one attached hydrogen (secondary N) is 1. The normalized spacial score (nSPS) is 10.8. The van der Waals surface area contributed by atoms with Gasteiger partial charge in [0.05, 0.1) is 21.2 Å². The number of para-hydroxylation sites is 1. The van der Waals surface area contributed by atoms with Crippen molar-refractivity contribution in [2.45, 2.75) is 13.5 Å². The van der Waals surface area contributed by atoms with Crippen molar-refractivity contribution in [2.75, 3.05) is 5.32 Å². The van der Waals surface area contributed by atoms with Crippen LogP contribution in [0.5, 0.6) is 0 Å². The molecular weight excluding hydrogens is 303 g/mol. The zero-order valence-electron chi connectivity index (χ0n) is 11.5. The maximum Gasteiger partial charge on any atom is 0.0936 e. The van der Waals surface area contributed by atoms with Gasteiger partial charge in [0.1, 0.15) is 0 Å². The van der Waals surface area contributed by atoms with E-state index in [1.165, 1.54) is 0 Å². The summed E-state index contributed by atoms with van der Waals surface area (Å²) in [5.74, 6) is 0. The first-order valence-corrected chi connectivity index (χ1v) is 7.43. The summed E-state index contributed by atoms with van der Waals surface area (Å²) >= 11 is 12.0. The lowest BCUT2D eigenvalue weighted by Crippen LogP contribution is -2.01. The van der Waals surface area contributed by atoms with Crippen LogP contribution in [0, 0.1) is 6.92 Å². The van der Waals surface area contributed by atoms with Gasteiger partial charge in [0, 0.05) is 17.6 Å². The Morgan fingerprint density at radius 2 is 1.86 bits per heavy atom. The minimum Gasteiger partial charge on any atom is -0.379 e. The largest absolute Gasteiger partial charge is 0.379 e. The van der Waals surface area contributed by atoms with Crippen molar-refractivity contribution in [3.8, 4) is 0 Å². The summed E-state index contributed by atoms with van der Waals surface area (Å²) < 4.78 is 0. The van der Waals surface area contributed by atoms with Gasteiger partial charge >= 0.3 is 0 Å². The standard InChI is InChI=1S/C17H14Cl2N2/c1-11-5-7-13-3-2-4-16(17(13)21-11)20-10-12-6-8-14(18)15(19)9-12/h2-9,20H,10H2,1H3. The lowest BCUT2D eigenvalue weighted by Gasteiger charge is -2.10. The van der Waals surface area contributed by atoms with Gasteiger partial charge in [0.15, 0.2) is 0 Å².